The number of nitrogens with one attached hydrogen (secondary N) is 1. The smallest absolute Gasteiger partial charge is 0.232 e. The number of hydrogen-bond acceptors (Lipinski definition) is 6. The summed E-state index contributed by atoms with van der Waals surface area (Å²) in [5.41, 5.74) is 0. The van der Waals surface area contributed by atoms with E-state index in [1.807, 2.05) is 13.1 Å². The molecule has 0 saturated heterocycles. The topological polar surface area (TPSA) is 59.9 Å². The van der Waals surface area contributed by atoms with Gasteiger partial charge in [0.05, 0.1) is 24.3 Å². The van der Waals surface area contributed by atoms with Gasteiger partial charge in [0.2, 0.25) is 11.8 Å². The van der Waals surface area contributed by atoms with Gasteiger partial charge >= 0.3 is 0 Å². The van der Waals surface area contributed by atoms with Crippen LogP contribution in [0.25, 0.3) is 0 Å². The summed E-state index contributed by atoms with van der Waals surface area (Å²) in [6, 6.07) is 0. The lowest BCUT2D eigenvalue weighted by Gasteiger charge is -2.05. The highest BCUT2D eigenvalue weighted by atomic mass is 79.9. The van der Waals surface area contributed by atoms with Crippen molar-refractivity contribution in [2.45, 2.75) is 13.5 Å². The van der Waals surface area contributed by atoms with Crippen LogP contribution in [-0.4, -0.2) is 22.1 Å². The molecule has 0 spiro atoms. The number of ether oxygens (including phenoxy) is 1. The van der Waals surface area contributed by atoms with Crippen LogP contribution in [0, 0.1) is 6.92 Å². The molecule has 2 aromatic rings. The molecule has 0 aliphatic carbocycles. The lowest BCUT2D eigenvalue weighted by atomic mass is 10.6. The molecule has 0 radical (unpaired) electrons. The van der Waals surface area contributed by atoms with Gasteiger partial charge in [-0.1, -0.05) is 0 Å². The summed E-state index contributed by atoms with van der Waals surface area (Å²) in [4.78, 5) is 13.8. The average molecular weight is 315 g/mol. The standard InChI is InChI=1S/C10H11BrN4OS/c1-6-3-12-8(17-6)5-14-10-13-4-7(11)9(15-10)16-2/h3-4H,5H2,1-2H3,(H,13,14,15). The highest BCUT2D eigenvalue weighted by Gasteiger charge is 2.05. The van der Waals surface area contributed by atoms with Crippen molar-refractivity contribution in [3.05, 3.63) is 26.8 Å². The highest BCUT2D eigenvalue weighted by Crippen LogP contribution is 2.22. The van der Waals surface area contributed by atoms with E-state index in [4.69, 9.17) is 4.74 Å². The SMILES string of the molecule is COc1nc(NCc2ncc(C)s2)ncc1Br. The first-order valence-corrected chi connectivity index (χ1v) is 6.51. The molecule has 17 heavy (non-hydrogen) atoms. The molecule has 0 saturated carbocycles. The predicted molar refractivity (Wildman–Crippen MR) is 70.5 cm³/mol. The second-order valence-electron chi connectivity index (χ2n) is 3.27. The molecule has 90 valence electrons. The number of nitrogens with zero attached hydrogens (tertiary/aromatic N) is 3. The van der Waals surface area contributed by atoms with Crippen molar-refractivity contribution < 1.29 is 4.74 Å². The summed E-state index contributed by atoms with van der Waals surface area (Å²) in [6.45, 7) is 2.64. The van der Waals surface area contributed by atoms with Crippen molar-refractivity contribution in [2.24, 2.45) is 0 Å². The molecule has 2 aromatic heterocycles. The van der Waals surface area contributed by atoms with E-state index < -0.39 is 0 Å². The molecule has 1 N–H and O–H groups in total. The normalized spacial score (nSPS) is 10.3. The Kier molecular flexibility index (Phi) is 3.90. The average Bonchev–Trinajstić information content (AvgIpc) is 2.74. The van der Waals surface area contributed by atoms with Crippen molar-refractivity contribution in [1.82, 2.24) is 15.0 Å². The van der Waals surface area contributed by atoms with Gasteiger partial charge in [0, 0.05) is 11.1 Å². The zero-order valence-corrected chi connectivity index (χ0v) is 11.8. The molecule has 0 amide bonds. The van der Waals surface area contributed by atoms with Gasteiger partial charge in [0.1, 0.15) is 5.01 Å². The highest BCUT2D eigenvalue weighted by molar-refractivity contribution is 9.10. The first-order valence-electron chi connectivity index (χ1n) is 4.90. The molecule has 5 nitrogen and oxygen atoms in total. The summed E-state index contributed by atoms with van der Waals surface area (Å²) in [5.74, 6) is 1.04. The molecule has 0 aromatic carbocycles. The van der Waals surface area contributed by atoms with Gasteiger partial charge in [-0.25, -0.2) is 9.97 Å². The van der Waals surface area contributed by atoms with Crippen molar-refractivity contribution in [3.8, 4) is 5.88 Å². The van der Waals surface area contributed by atoms with Crippen LogP contribution in [0.3, 0.4) is 0 Å². The lowest BCUT2D eigenvalue weighted by molar-refractivity contribution is 0.394. The minimum Gasteiger partial charge on any atom is -0.480 e. The first kappa shape index (κ1) is 12.3. The lowest BCUT2D eigenvalue weighted by Crippen LogP contribution is -2.04. The van der Waals surface area contributed by atoms with E-state index in [2.05, 4.69) is 36.2 Å². The largest absolute Gasteiger partial charge is 0.480 e. The summed E-state index contributed by atoms with van der Waals surface area (Å²) < 4.78 is 5.82. The van der Waals surface area contributed by atoms with E-state index >= 15 is 0 Å². The number of rotatable bonds is 4. The molecule has 2 rings (SSSR count). The summed E-state index contributed by atoms with van der Waals surface area (Å²) in [7, 11) is 1.57. The Morgan fingerprint density at radius 1 is 1.41 bits per heavy atom. The number of aryl methyl sites for hydroxylation is 1. The minimum atomic E-state index is 0.512. The third kappa shape index (κ3) is 3.13. The van der Waals surface area contributed by atoms with E-state index in [9.17, 15) is 0 Å². The fourth-order valence-corrected chi connectivity index (χ4v) is 2.30. The second-order valence-corrected chi connectivity index (χ2v) is 5.44. The van der Waals surface area contributed by atoms with E-state index in [1.165, 1.54) is 4.88 Å². The van der Waals surface area contributed by atoms with E-state index in [1.54, 1.807) is 24.6 Å². The maximum atomic E-state index is 5.09. The van der Waals surface area contributed by atoms with Crippen LogP contribution in [0.15, 0.2) is 16.9 Å². The Hall–Kier alpha value is -1.21. The summed E-state index contributed by atoms with van der Waals surface area (Å²) >= 11 is 4.95. The van der Waals surface area contributed by atoms with Crippen molar-refractivity contribution in [2.75, 3.05) is 12.4 Å². The maximum absolute atomic E-state index is 5.09. The Morgan fingerprint density at radius 2 is 2.24 bits per heavy atom. The number of thiazole rings is 1. The molecule has 0 atom stereocenters. The van der Waals surface area contributed by atoms with Gasteiger partial charge in [0.25, 0.3) is 0 Å². The molecule has 0 aliphatic heterocycles. The van der Waals surface area contributed by atoms with Crippen LogP contribution in [-0.2, 0) is 6.54 Å². The predicted octanol–water partition coefficient (Wildman–Crippen LogP) is 2.62. The van der Waals surface area contributed by atoms with Crippen LogP contribution < -0.4 is 10.1 Å². The Morgan fingerprint density at radius 3 is 2.88 bits per heavy atom. The van der Waals surface area contributed by atoms with Gasteiger partial charge in [-0.05, 0) is 22.9 Å². The number of methoxy groups -OCH3 is 1. The Labute approximate surface area is 111 Å². The van der Waals surface area contributed by atoms with E-state index in [0.29, 0.717) is 18.4 Å². The number of aromatic nitrogens is 3. The summed E-state index contributed by atoms with van der Waals surface area (Å²) in [5, 5.41) is 4.11. The third-order valence-corrected chi connectivity index (χ3v) is 3.43. The molecule has 0 aliphatic rings. The fraction of sp³-hybridized carbons (Fsp3) is 0.300. The number of halogens is 1. The van der Waals surface area contributed by atoms with Gasteiger partial charge in [0.15, 0.2) is 0 Å². The van der Waals surface area contributed by atoms with E-state index in [0.717, 1.165) is 9.48 Å². The second kappa shape index (κ2) is 5.42. The van der Waals surface area contributed by atoms with Crippen molar-refractivity contribution in [3.63, 3.8) is 0 Å². The van der Waals surface area contributed by atoms with Crippen LogP contribution in [0.1, 0.15) is 9.88 Å². The Bertz CT molecular complexity index is 517. The molecule has 2 heterocycles. The van der Waals surface area contributed by atoms with Crippen LogP contribution in [0.2, 0.25) is 0 Å². The summed E-state index contributed by atoms with van der Waals surface area (Å²) in [6.07, 6.45) is 3.51. The number of hydrogen-bond donors (Lipinski definition) is 1. The molecule has 0 bridgehead atoms. The molecule has 0 unspecified atom stereocenters. The first-order chi connectivity index (χ1) is 8.19. The Balaban J connectivity index is 2.04. The molecule has 0 fully saturated rings. The van der Waals surface area contributed by atoms with Gasteiger partial charge in [-0.3, -0.25) is 0 Å². The van der Waals surface area contributed by atoms with Gasteiger partial charge in [-0.2, -0.15) is 4.98 Å². The van der Waals surface area contributed by atoms with Crippen molar-refractivity contribution in [1.29, 1.82) is 0 Å². The monoisotopic (exact) mass is 314 g/mol. The zero-order chi connectivity index (χ0) is 12.3. The van der Waals surface area contributed by atoms with Crippen LogP contribution in [0.5, 0.6) is 5.88 Å². The maximum Gasteiger partial charge on any atom is 0.232 e. The van der Waals surface area contributed by atoms with Crippen LogP contribution in [0.4, 0.5) is 5.95 Å². The number of anilines is 1. The minimum absolute atomic E-state index is 0.512. The molecular formula is C10H11BrN4OS. The van der Waals surface area contributed by atoms with Gasteiger partial charge < -0.3 is 10.1 Å². The third-order valence-electron chi connectivity index (χ3n) is 1.97. The van der Waals surface area contributed by atoms with Crippen molar-refractivity contribution >= 4 is 33.2 Å². The quantitative estimate of drug-likeness (QED) is 0.940. The van der Waals surface area contributed by atoms with Crippen LogP contribution >= 0.6 is 27.3 Å². The molecule has 7 heteroatoms. The zero-order valence-electron chi connectivity index (χ0n) is 9.40. The van der Waals surface area contributed by atoms with Gasteiger partial charge in [-0.15, -0.1) is 11.3 Å². The fourth-order valence-electron chi connectivity index (χ4n) is 1.22. The molecular weight excluding hydrogens is 304 g/mol. The van der Waals surface area contributed by atoms with E-state index in [-0.39, 0.29) is 0 Å².